The summed E-state index contributed by atoms with van der Waals surface area (Å²) in [6, 6.07) is 12.8. The minimum Gasteiger partial charge on any atom is -0.460 e. The lowest BCUT2D eigenvalue weighted by atomic mass is 10.1. The number of fused-ring (bicyclic) bond motifs is 1. The van der Waals surface area contributed by atoms with Gasteiger partial charge in [0.1, 0.15) is 6.10 Å². The van der Waals surface area contributed by atoms with Crippen LogP contribution in [0.25, 0.3) is 10.9 Å². The predicted molar refractivity (Wildman–Crippen MR) is 88.0 cm³/mol. The van der Waals surface area contributed by atoms with Gasteiger partial charge in [-0.25, -0.2) is 0 Å². The second kappa shape index (κ2) is 6.63. The lowest BCUT2D eigenvalue weighted by Gasteiger charge is -2.10. The molecule has 25 heavy (non-hydrogen) atoms. The van der Waals surface area contributed by atoms with Gasteiger partial charge in [-0.2, -0.15) is 13.2 Å². The van der Waals surface area contributed by atoms with E-state index in [1.807, 2.05) is 35.0 Å². The molecule has 3 aromatic rings. The molecule has 0 N–H and O–H groups in total. The highest BCUT2D eigenvalue weighted by Gasteiger charge is 2.30. The molecule has 1 unspecified atom stereocenters. The highest BCUT2D eigenvalue weighted by molar-refractivity contribution is 5.84. The summed E-state index contributed by atoms with van der Waals surface area (Å²) in [7, 11) is 0. The van der Waals surface area contributed by atoms with E-state index in [1.165, 1.54) is 6.07 Å². The van der Waals surface area contributed by atoms with Gasteiger partial charge in [-0.15, -0.1) is 0 Å². The largest absolute Gasteiger partial charge is 0.460 e. The van der Waals surface area contributed by atoms with Crippen molar-refractivity contribution in [3.63, 3.8) is 0 Å². The van der Waals surface area contributed by atoms with Crippen LogP contribution in [0.1, 0.15) is 29.7 Å². The average molecular weight is 347 g/mol. The van der Waals surface area contributed by atoms with Crippen molar-refractivity contribution >= 4 is 17.4 Å². The highest BCUT2D eigenvalue weighted by Crippen LogP contribution is 2.31. The Morgan fingerprint density at radius 2 is 1.92 bits per heavy atom. The van der Waals surface area contributed by atoms with Crippen LogP contribution in [0.3, 0.4) is 0 Å². The summed E-state index contributed by atoms with van der Waals surface area (Å²) in [6.07, 6.45) is -2.99. The molecule has 3 nitrogen and oxygen atoms in total. The fourth-order valence-corrected chi connectivity index (χ4v) is 2.93. The maximum absolute atomic E-state index is 12.9. The lowest BCUT2D eigenvalue weighted by Crippen LogP contribution is -2.06. The van der Waals surface area contributed by atoms with Crippen LogP contribution >= 0.6 is 0 Å². The third-order valence-electron chi connectivity index (χ3n) is 4.12. The summed E-state index contributed by atoms with van der Waals surface area (Å²) in [6.45, 7) is 2.44. The Bertz CT molecular complexity index is 899. The number of carbonyl (C=O) groups is 1. The van der Waals surface area contributed by atoms with Crippen molar-refractivity contribution in [3.05, 3.63) is 71.4 Å². The molecule has 1 atom stereocenters. The standard InChI is InChI=1S/C19H16F3NO2/c1-13(25-12-24)17-11-23(18-8-3-2-7-16(17)18)10-14-5-4-6-15(9-14)19(20,21)22/h2-9,11-13H,10H2,1H3. The lowest BCUT2D eigenvalue weighted by molar-refractivity contribution is -0.137. The fourth-order valence-electron chi connectivity index (χ4n) is 2.93. The molecular weight excluding hydrogens is 331 g/mol. The molecule has 0 aliphatic carbocycles. The summed E-state index contributed by atoms with van der Waals surface area (Å²) < 4.78 is 45.6. The maximum Gasteiger partial charge on any atom is 0.416 e. The van der Waals surface area contributed by atoms with Crippen molar-refractivity contribution < 1.29 is 22.7 Å². The van der Waals surface area contributed by atoms with Gasteiger partial charge in [0.15, 0.2) is 0 Å². The second-order valence-corrected chi connectivity index (χ2v) is 5.80. The van der Waals surface area contributed by atoms with E-state index in [0.29, 0.717) is 12.0 Å². The molecule has 1 aromatic heterocycles. The average Bonchev–Trinajstić information content (AvgIpc) is 2.94. The quantitative estimate of drug-likeness (QED) is 0.612. The summed E-state index contributed by atoms with van der Waals surface area (Å²) in [5, 5.41) is 0.906. The minimum absolute atomic E-state index is 0.290. The molecule has 0 spiro atoms. The number of benzene rings is 2. The van der Waals surface area contributed by atoms with E-state index in [2.05, 4.69) is 0 Å². The zero-order valence-electron chi connectivity index (χ0n) is 13.5. The number of halogens is 3. The van der Waals surface area contributed by atoms with Crippen LogP contribution in [-0.4, -0.2) is 11.0 Å². The van der Waals surface area contributed by atoms with Crippen LogP contribution in [-0.2, 0) is 22.3 Å². The minimum atomic E-state index is -4.37. The van der Waals surface area contributed by atoms with Gasteiger partial charge in [-0.3, -0.25) is 4.79 Å². The molecule has 6 heteroatoms. The number of carbonyl (C=O) groups excluding carboxylic acids is 1. The van der Waals surface area contributed by atoms with Crippen molar-refractivity contribution in [2.75, 3.05) is 0 Å². The van der Waals surface area contributed by atoms with Crippen LogP contribution in [0.15, 0.2) is 54.7 Å². The molecule has 2 aromatic carbocycles. The van der Waals surface area contributed by atoms with Crippen molar-refractivity contribution in [1.29, 1.82) is 0 Å². The number of hydrogen-bond acceptors (Lipinski definition) is 2. The molecule has 0 radical (unpaired) electrons. The van der Waals surface area contributed by atoms with Gasteiger partial charge in [-0.05, 0) is 30.7 Å². The van der Waals surface area contributed by atoms with Crippen LogP contribution in [0, 0.1) is 0 Å². The van der Waals surface area contributed by atoms with E-state index < -0.39 is 17.8 Å². The second-order valence-electron chi connectivity index (χ2n) is 5.80. The van der Waals surface area contributed by atoms with Gasteiger partial charge in [0.25, 0.3) is 6.47 Å². The Balaban J connectivity index is 2.01. The molecule has 0 amide bonds. The fraction of sp³-hybridized carbons (Fsp3) is 0.211. The van der Waals surface area contributed by atoms with Gasteiger partial charge in [0, 0.05) is 29.2 Å². The zero-order chi connectivity index (χ0) is 18.0. The summed E-state index contributed by atoms with van der Waals surface area (Å²) in [5.74, 6) is 0. The van der Waals surface area contributed by atoms with E-state index >= 15 is 0 Å². The van der Waals surface area contributed by atoms with E-state index in [9.17, 15) is 18.0 Å². The third kappa shape index (κ3) is 3.52. The first kappa shape index (κ1) is 17.1. The van der Waals surface area contributed by atoms with Crippen LogP contribution in [0.2, 0.25) is 0 Å². The molecule has 0 aliphatic rings. The molecule has 0 saturated heterocycles. The smallest absolute Gasteiger partial charge is 0.416 e. The Kier molecular flexibility index (Phi) is 4.53. The molecule has 130 valence electrons. The van der Waals surface area contributed by atoms with Gasteiger partial charge < -0.3 is 9.30 Å². The Morgan fingerprint density at radius 1 is 1.16 bits per heavy atom. The Hall–Kier alpha value is -2.76. The summed E-state index contributed by atoms with van der Waals surface area (Å²) >= 11 is 0. The van der Waals surface area contributed by atoms with Crippen molar-refractivity contribution in [2.24, 2.45) is 0 Å². The number of aromatic nitrogens is 1. The molecule has 0 bridgehead atoms. The third-order valence-corrected chi connectivity index (χ3v) is 4.12. The first-order chi connectivity index (χ1) is 11.9. The number of alkyl halides is 3. The Labute approximate surface area is 142 Å². The van der Waals surface area contributed by atoms with Crippen LogP contribution in [0.4, 0.5) is 13.2 Å². The van der Waals surface area contributed by atoms with Gasteiger partial charge in [0.2, 0.25) is 0 Å². The number of hydrogen-bond donors (Lipinski definition) is 0. The number of para-hydroxylation sites is 1. The SMILES string of the molecule is CC(OC=O)c1cn(Cc2cccc(C(F)(F)F)c2)c2ccccc12. The molecule has 0 fully saturated rings. The van der Waals surface area contributed by atoms with E-state index in [1.54, 1.807) is 13.0 Å². The predicted octanol–water partition coefficient (Wildman–Crippen LogP) is 4.94. The van der Waals surface area contributed by atoms with Crippen LogP contribution in [0.5, 0.6) is 0 Å². The summed E-state index contributed by atoms with van der Waals surface area (Å²) in [5.41, 5.74) is 1.57. The molecule has 0 saturated carbocycles. The van der Waals surface area contributed by atoms with Crippen molar-refractivity contribution in [1.82, 2.24) is 4.57 Å². The van der Waals surface area contributed by atoms with Crippen LogP contribution < -0.4 is 0 Å². The van der Waals surface area contributed by atoms with E-state index in [0.717, 1.165) is 28.6 Å². The topological polar surface area (TPSA) is 31.2 Å². The first-order valence-electron chi connectivity index (χ1n) is 7.73. The first-order valence-corrected chi connectivity index (χ1v) is 7.73. The molecule has 0 aliphatic heterocycles. The van der Waals surface area contributed by atoms with Crippen molar-refractivity contribution in [3.8, 4) is 0 Å². The maximum atomic E-state index is 12.9. The van der Waals surface area contributed by atoms with Gasteiger partial charge in [0.05, 0.1) is 5.56 Å². The Morgan fingerprint density at radius 3 is 2.64 bits per heavy atom. The summed E-state index contributed by atoms with van der Waals surface area (Å²) in [4.78, 5) is 10.6. The molecule has 3 rings (SSSR count). The van der Waals surface area contributed by atoms with Crippen molar-refractivity contribution in [2.45, 2.75) is 25.7 Å². The number of nitrogens with zero attached hydrogens (tertiary/aromatic N) is 1. The molecular formula is C19H16F3NO2. The number of rotatable bonds is 5. The highest BCUT2D eigenvalue weighted by atomic mass is 19.4. The normalized spacial score (nSPS) is 13.0. The monoisotopic (exact) mass is 347 g/mol. The zero-order valence-corrected chi connectivity index (χ0v) is 13.5. The van der Waals surface area contributed by atoms with Gasteiger partial charge in [-0.1, -0.05) is 30.3 Å². The van der Waals surface area contributed by atoms with E-state index in [4.69, 9.17) is 4.74 Å². The van der Waals surface area contributed by atoms with E-state index in [-0.39, 0.29) is 6.54 Å². The molecule has 1 heterocycles. The van der Waals surface area contributed by atoms with Gasteiger partial charge >= 0.3 is 6.18 Å². The number of ether oxygens (including phenoxy) is 1.